The maximum Gasteiger partial charge on any atom is 0.306 e. The van der Waals surface area contributed by atoms with Crippen LogP contribution in [0.1, 0.15) is 226 Å². The zero-order valence-corrected chi connectivity index (χ0v) is 42.0. The molecule has 6 nitrogen and oxygen atoms in total. The van der Waals surface area contributed by atoms with Gasteiger partial charge in [-0.3, -0.25) is 14.4 Å². The van der Waals surface area contributed by atoms with Crippen LogP contribution in [-0.2, 0) is 28.6 Å². The molecular weight excluding hydrogens is 805 g/mol. The summed E-state index contributed by atoms with van der Waals surface area (Å²) < 4.78 is 16.6. The van der Waals surface area contributed by atoms with Crippen LogP contribution in [0.4, 0.5) is 0 Å². The Morgan fingerprint density at radius 3 is 1.03 bits per heavy atom. The van der Waals surface area contributed by atoms with E-state index in [1.807, 2.05) is 0 Å². The Bertz CT molecular complexity index is 1360. The lowest BCUT2D eigenvalue weighted by molar-refractivity contribution is -0.167. The Labute approximate surface area is 400 Å². The van der Waals surface area contributed by atoms with Gasteiger partial charge in [-0.2, -0.15) is 0 Å². The summed E-state index contributed by atoms with van der Waals surface area (Å²) in [6, 6.07) is 0. The lowest BCUT2D eigenvalue weighted by Crippen LogP contribution is -2.30. The fourth-order valence-electron chi connectivity index (χ4n) is 6.81. The summed E-state index contributed by atoms with van der Waals surface area (Å²) in [6.07, 6.45) is 71.2. The molecular formula is C59H96O6. The van der Waals surface area contributed by atoms with Crippen molar-refractivity contribution in [2.45, 2.75) is 232 Å². The highest BCUT2D eigenvalue weighted by Gasteiger charge is 2.19. The van der Waals surface area contributed by atoms with E-state index in [0.717, 1.165) is 109 Å². The number of carbonyl (C=O) groups is 3. The van der Waals surface area contributed by atoms with Gasteiger partial charge in [0.25, 0.3) is 0 Å². The smallest absolute Gasteiger partial charge is 0.306 e. The van der Waals surface area contributed by atoms with Gasteiger partial charge in [-0.05, 0) is 103 Å². The summed E-state index contributed by atoms with van der Waals surface area (Å²) in [5, 5.41) is 0. The summed E-state index contributed by atoms with van der Waals surface area (Å²) >= 11 is 0. The number of ether oxygens (including phenoxy) is 3. The molecule has 0 aliphatic heterocycles. The van der Waals surface area contributed by atoms with Crippen molar-refractivity contribution >= 4 is 17.9 Å². The first-order chi connectivity index (χ1) is 32.0. The molecule has 0 aliphatic carbocycles. The average Bonchev–Trinajstić information content (AvgIpc) is 3.30. The minimum absolute atomic E-state index is 0.100. The van der Waals surface area contributed by atoms with Crippen LogP contribution in [0.2, 0.25) is 0 Å². The van der Waals surface area contributed by atoms with Crippen LogP contribution in [0.25, 0.3) is 0 Å². The SMILES string of the molecule is CC/C=C\C/C=C\C/C=C\C/C=C\C/C=C\C/C=C\C/C=C\CCCC(=O)OCC(COC(=O)CCCCCCC)OC(=O)CCCCCCCCCCC/C=C\C/C=C\CCCCC. The summed E-state index contributed by atoms with van der Waals surface area (Å²) in [5.74, 6) is -0.985. The van der Waals surface area contributed by atoms with Crippen molar-refractivity contribution in [1.82, 2.24) is 0 Å². The molecule has 368 valence electrons. The highest BCUT2D eigenvalue weighted by atomic mass is 16.6. The van der Waals surface area contributed by atoms with E-state index >= 15 is 0 Å². The fraction of sp³-hybridized carbons (Fsp3) is 0.644. The molecule has 0 rings (SSSR count). The van der Waals surface area contributed by atoms with Gasteiger partial charge < -0.3 is 14.2 Å². The lowest BCUT2D eigenvalue weighted by atomic mass is 10.1. The number of allylic oxidation sites excluding steroid dienone is 18. The van der Waals surface area contributed by atoms with Crippen LogP contribution < -0.4 is 0 Å². The quantitative estimate of drug-likeness (QED) is 0.0262. The standard InChI is InChI=1S/C59H96O6/c1-4-7-10-13-15-17-19-21-23-25-27-28-29-30-32-33-35-37-39-41-43-46-49-52-58(61)64-55-56(54-63-57(60)51-48-45-12-9-6-3)65-59(62)53-50-47-44-42-40-38-36-34-31-26-24-22-20-18-16-14-11-8-5-2/h7,10,15-18,21-24,27-28,30,32,35,37,41,43,56H,4-6,8-9,11-14,19-20,25-26,29,31,33-34,36,38-40,42,44-55H2,1-3H3/b10-7-,17-15-,18-16-,23-21-,24-22-,28-27-,32-30-,37-35-,43-41-. The highest BCUT2D eigenvalue weighted by molar-refractivity contribution is 5.71. The van der Waals surface area contributed by atoms with Crippen LogP contribution in [0.15, 0.2) is 109 Å². The predicted molar refractivity (Wildman–Crippen MR) is 279 cm³/mol. The Hall–Kier alpha value is -3.93. The Balaban J connectivity index is 4.28. The molecule has 1 atom stereocenters. The van der Waals surface area contributed by atoms with Crippen molar-refractivity contribution in [2.75, 3.05) is 13.2 Å². The van der Waals surface area contributed by atoms with Crippen LogP contribution in [0, 0.1) is 0 Å². The van der Waals surface area contributed by atoms with Crippen LogP contribution in [-0.4, -0.2) is 37.2 Å². The van der Waals surface area contributed by atoms with E-state index < -0.39 is 6.10 Å². The molecule has 0 bridgehead atoms. The first-order valence-electron chi connectivity index (χ1n) is 26.4. The number of esters is 3. The first kappa shape index (κ1) is 61.1. The average molecular weight is 901 g/mol. The van der Waals surface area contributed by atoms with Crippen molar-refractivity contribution in [1.29, 1.82) is 0 Å². The van der Waals surface area contributed by atoms with Gasteiger partial charge in [0.2, 0.25) is 0 Å². The van der Waals surface area contributed by atoms with Gasteiger partial charge >= 0.3 is 17.9 Å². The van der Waals surface area contributed by atoms with E-state index in [1.165, 1.54) is 70.6 Å². The molecule has 0 N–H and O–H groups in total. The van der Waals surface area contributed by atoms with Gasteiger partial charge in [0.15, 0.2) is 6.10 Å². The molecule has 0 aliphatic rings. The highest BCUT2D eigenvalue weighted by Crippen LogP contribution is 2.13. The third-order valence-corrected chi connectivity index (χ3v) is 10.8. The van der Waals surface area contributed by atoms with Gasteiger partial charge in [0, 0.05) is 19.3 Å². The van der Waals surface area contributed by atoms with Crippen molar-refractivity contribution in [3.05, 3.63) is 109 Å². The number of rotatable bonds is 46. The minimum atomic E-state index is -0.801. The van der Waals surface area contributed by atoms with Gasteiger partial charge in [-0.1, -0.05) is 214 Å². The topological polar surface area (TPSA) is 78.9 Å². The van der Waals surface area contributed by atoms with E-state index in [2.05, 4.69) is 130 Å². The third kappa shape index (κ3) is 50.9. The molecule has 0 amide bonds. The zero-order chi connectivity index (χ0) is 47.2. The molecule has 1 unspecified atom stereocenters. The van der Waals surface area contributed by atoms with E-state index in [0.29, 0.717) is 19.3 Å². The number of carbonyl (C=O) groups excluding carboxylic acids is 3. The number of hydrogen-bond donors (Lipinski definition) is 0. The van der Waals surface area contributed by atoms with Crippen LogP contribution >= 0.6 is 0 Å². The van der Waals surface area contributed by atoms with Crippen LogP contribution in [0.3, 0.4) is 0 Å². The molecule has 0 aromatic heterocycles. The maximum atomic E-state index is 12.7. The number of unbranched alkanes of at least 4 members (excludes halogenated alkanes) is 17. The number of hydrogen-bond acceptors (Lipinski definition) is 6. The predicted octanol–water partition coefficient (Wildman–Crippen LogP) is 17.5. The van der Waals surface area contributed by atoms with E-state index in [9.17, 15) is 14.4 Å². The molecule has 0 fully saturated rings. The molecule has 0 radical (unpaired) electrons. The van der Waals surface area contributed by atoms with E-state index in [4.69, 9.17) is 14.2 Å². The van der Waals surface area contributed by atoms with Gasteiger partial charge in [0.05, 0.1) is 0 Å². The van der Waals surface area contributed by atoms with Gasteiger partial charge in [-0.15, -0.1) is 0 Å². The summed E-state index contributed by atoms with van der Waals surface area (Å²) in [4.78, 5) is 37.7. The molecule has 0 aromatic carbocycles. The van der Waals surface area contributed by atoms with Crippen molar-refractivity contribution in [3.8, 4) is 0 Å². The maximum absolute atomic E-state index is 12.7. The Morgan fingerprint density at radius 1 is 0.323 bits per heavy atom. The second kappa shape index (κ2) is 52.7. The van der Waals surface area contributed by atoms with Crippen molar-refractivity contribution in [3.63, 3.8) is 0 Å². The Kier molecular flexibility index (Phi) is 49.5. The second-order valence-electron chi connectivity index (χ2n) is 17.1. The van der Waals surface area contributed by atoms with Gasteiger partial charge in [-0.25, -0.2) is 0 Å². The Morgan fingerprint density at radius 2 is 0.615 bits per heavy atom. The summed E-state index contributed by atoms with van der Waals surface area (Å²) in [6.45, 7) is 6.35. The van der Waals surface area contributed by atoms with E-state index in [1.54, 1.807) is 0 Å². The van der Waals surface area contributed by atoms with Crippen molar-refractivity contribution in [2.24, 2.45) is 0 Å². The van der Waals surface area contributed by atoms with Crippen molar-refractivity contribution < 1.29 is 28.6 Å². The third-order valence-electron chi connectivity index (χ3n) is 10.8. The largest absolute Gasteiger partial charge is 0.462 e. The summed E-state index contributed by atoms with van der Waals surface area (Å²) in [5.41, 5.74) is 0. The van der Waals surface area contributed by atoms with Crippen LogP contribution in [0.5, 0.6) is 0 Å². The molecule has 0 aromatic rings. The summed E-state index contributed by atoms with van der Waals surface area (Å²) in [7, 11) is 0. The molecule has 65 heavy (non-hydrogen) atoms. The monoisotopic (exact) mass is 901 g/mol. The van der Waals surface area contributed by atoms with E-state index in [-0.39, 0.29) is 37.5 Å². The molecule has 0 spiro atoms. The molecule has 0 heterocycles. The molecule has 6 heteroatoms. The normalized spacial score (nSPS) is 13.0. The first-order valence-corrected chi connectivity index (χ1v) is 26.4. The fourth-order valence-corrected chi connectivity index (χ4v) is 6.81. The second-order valence-corrected chi connectivity index (χ2v) is 17.1. The van der Waals surface area contributed by atoms with Gasteiger partial charge in [0.1, 0.15) is 13.2 Å². The minimum Gasteiger partial charge on any atom is -0.462 e. The lowest BCUT2D eigenvalue weighted by Gasteiger charge is -2.18. The molecule has 0 saturated carbocycles. The molecule has 0 saturated heterocycles. The zero-order valence-electron chi connectivity index (χ0n) is 42.0.